The van der Waals surface area contributed by atoms with Crippen LogP contribution in [-0.2, 0) is 17.6 Å². The molecule has 1 aromatic heterocycles. The summed E-state index contributed by atoms with van der Waals surface area (Å²) in [5.74, 6) is 0.246. The van der Waals surface area contributed by atoms with Gasteiger partial charge in [0.15, 0.2) is 14.1 Å². The second-order valence-corrected chi connectivity index (χ2v) is 12.5. The van der Waals surface area contributed by atoms with E-state index < -0.39 is 8.32 Å². The van der Waals surface area contributed by atoms with Crippen molar-refractivity contribution in [2.45, 2.75) is 52.1 Å². The van der Waals surface area contributed by atoms with E-state index in [4.69, 9.17) is 9.96 Å². The van der Waals surface area contributed by atoms with Gasteiger partial charge in [0, 0.05) is 11.5 Å². The predicted octanol–water partition coefficient (Wildman–Crippen LogP) is 5.55. The lowest BCUT2D eigenvalue weighted by Crippen LogP contribution is -2.40. The summed E-state index contributed by atoms with van der Waals surface area (Å²) in [4.78, 5) is 2.71. The van der Waals surface area contributed by atoms with Crippen molar-refractivity contribution in [2.24, 2.45) is 5.11 Å². The molecule has 0 saturated carbocycles. The van der Waals surface area contributed by atoms with Crippen molar-refractivity contribution in [3.8, 4) is 0 Å². The molecule has 26 heavy (non-hydrogen) atoms. The van der Waals surface area contributed by atoms with Gasteiger partial charge < -0.3 is 9.74 Å². The molecule has 1 heterocycles. The molecule has 0 atom stereocenters. The maximum Gasteiger partial charge on any atom is 0.192 e. The van der Waals surface area contributed by atoms with Gasteiger partial charge in [0.25, 0.3) is 0 Å². The summed E-state index contributed by atoms with van der Waals surface area (Å²) in [5.41, 5.74) is 11.5. The Kier molecular flexibility index (Phi) is 6.36. The summed E-state index contributed by atoms with van der Waals surface area (Å²) in [6.45, 7) is 12.6. The molecule has 0 spiro atoms. The maximum absolute atomic E-state index is 8.45. The Hall–Kier alpha value is -2.41. The molecule has 0 aliphatic carbocycles. The minimum absolute atomic E-state index is 0.212. The summed E-state index contributed by atoms with van der Waals surface area (Å²) in [7, 11) is -1.73. The molecule has 0 bridgehead atoms. The third kappa shape index (κ3) is 5.55. The number of rotatable bonds is 7. The standard InChI is InChI=1S/C18H26N6OSi/c1-18(2,3)26(4,5)25-13-15-8-6-14(7-9-15)11-20-16-10-17(23-24-19)22-21-12-16/h6-10,12H,11,13H2,1-5H3,(H,20,22). The average molecular weight is 371 g/mol. The van der Waals surface area contributed by atoms with E-state index in [1.54, 1.807) is 12.3 Å². The molecule has 7 nitrogen and oxygen atoms in total. The number of hydrogen-bond acceptors (Lipinski definition) is 5. The van der Waals surface area contributed by atoms with Crippen LogP contribution in [0.5, 0.6) is 0 Å². The summed E-state index contributed by atoms with van der Waals surface area (Å²) >= 11 is 0. The predicted molar refractivity (Wildman–Crippen MR) is 107 cm³/mol. The van der Waals surface area contributed by atoms with Crippen LogP contribution in [0.15, 0.2) is 41.6 Å². The second-order valence-electron chi connectivity index (χ2n) is 7.71. The minimum atomic E-state index is -1.73. The summed E-state index contributed by atoms with van der Waals surface area (Å²) < 4.78 is 6.25. The monoisotopic (exact) mass is 370 g/mol. The molecule has 0 unspecified atom stereocenters. The van der Waals surface area contributed by atoms with E-state index in [2.05, 4.69) is 83.7 Å². The van der Waals surface area contributed by atoms with Gasteiger partial charge in [-0.15, -0.1) is 5.10 Å². The van der Waals surface area contributed by atoms with E-state index in [-0.39, 0.29) is 10.9 Å². The van der Waals surface area contributed by atoms with Crippen molar-refractivity contribution < 1.29 is 4.43 Å². The normalized spacial score (nSPS) is 11.7. The fourth-order valence-electron chi connectivity index (χ4n) is 1.98. The molecular weight excluding hydrogens is 344 g/mol. The lowest BCUT2D eigenvalue weighted by Gasteiger charge is -2.36. The molecule has 0 amide bonds. The summed E-state index contributed by atoms with van der Waals surface area (Å²) in [6, 6.07) is 10.0. The van der Waals surface area contributed by atoms with Gasteiger partial charge in [0.05, 0.1) is 18.5 Å². The van der Waals surface area contributed by atoms with Crippen molar-refractivity contribution in [2.75, 3.05) is 5.32 Å². The van der Waals surface area contributed by atoms with Crippen LogP contribution in [-0.4, -0.2) is 18.5 Å². The molecule has 8 heteroatoms. The van der Waals surface area contributed by atoms with E-state index in [0.29, 0.717) is 13.2 Å². The molecule has 0 fully saturated rings. The molecule has 0 saturated heterocycles. The maximum atomic E-state index is 8.45. The lowest BCUT2D eigenvalue weighted by atomic mass is 10.1. The van der Waals surface area contributed by atoms with Crippen LogP contribution in [0, 0.1) is 0 Å². The molecule has 1 N–H and O–H groups in total. The van der Waals surface area contributed by atoms with Crippen LogP contribution in [0.25, 0.3) is 10.4 Å². The smallest absolute Gasteiger partial charge is 0.192 e. The molecule has 0 radical (unpaired) electrons. The Morgan fingerprint density at radius 1 is 1.19 bits per heavy atom. The molecule has 1 aromatic carbocycles. The fraction of sp³-hybridized carbons (Fsp3) is 0.444. The molecule has 138 valence electrons. The third-order valence-corrected chi connectivity index (χ3v) is 9.19. The van der Waals surface area contributed by atoms with Crippen LogP contribution < -0.4 is 5.32 Å². The van der Waals surface area contributed by atoms with Gasteiger partial charge in [0.2, 0.25) is 0 Å². The summed E-state index contributed by atoms with van der Waals surface area (Å²) in [5, 5.41) is 14.4. The van der Waals surface area contributed by atoms with Gasteiger partial charge >= 0.3 is 0 Å². The number of aromatic nitrogens is 2. The van der Waals surface area contributed by atoms with Crippen LogP contribution in [0.3, 0.4) is 0 Å². The first kappa shape index (κ1) is 19.9. The molecule has 0 aliphatic rings. The van der Waals surface area contributed by atoms with Crippen LogP contribution in [0.2, 0.25) is 18.1 Å². The Bertz CT molecular complexity index is 779. The van der Waals surface area contributed by atoms with Crippen LogP contribution in [0.1, 0.15) is 31.9 Å². The Balaban J connectivity index is 1.91. The lowest BCUT2D eigenvalue weighted by molar-refractivity contribution is 0.276. The number of anilines is 1. The number of benzene rings is 1. The van der Waals surface area contributed by atoms with E-state index in [0.717, 1.165) is 11.3 Å². The van der Waals surface area contributed by atoms with Crippen molar-refractivity contribution in [1.29, 1.82) is 0 Å². The van der Waals surface area contributed by atoms with E-state index in [9.17, 15) is 0 Å². The molecular formula is C18H26N6OSi. The van der Waals surface area contributed by atoms with Gasteiger partial charge in [-0.3, -0.25) is 0 Å². The Labute approximate surface area is 155 Å². The molecule has 2 rings (SSSR count). The number of azide groups is 1. The topological polar surface area (TPSA) is 95.8 Å². The SMILES string of the molecule is CC(C)(C)[Si](C)(C)OCc1ccc(CNc2cnnc(N=[N+]=[N-])c2)cc1. The van der Waals surface area contributed by atoms with Gasteiger partial charge in [-0.25, -0.2) is 0 Å². The largest absolute Gasteiger partial charge is 0.413 e. The van der Waals surface area contributed by atoms with E-state index in [1.807, 2.05) is 0 Å². The van der Waals surface area contributed by atoms with E-state index >= 15 is 0 Å². The van der Waals surface area contributed by atoms with Gasteiger partial charge in [0.1, 0.15) is 0 Å². The first-order chi connectivity index (χ1) is 12.2. The van der Waals surface area contributed by atoms with Crippen molar-refractivity contribution >= 4 is 19.8 Å². The molecule has 2 aromatic rings. The highest BCUT2D eigenvalue weighted by atomic mass is 28.4. The van der Waals surface area contributed by atoms with Crippen molar-refractivity contribution in [1.82, 2.24) is 10.2 Å². The first-order valence-corrected chi connectivity index (χ1v) is 11.5. The Morgan fingerprint density at radius 2 is 1.85 bits per heavy atom. The highest BCUT2D eigenvalue weighted by Gasteiger charge is 2.36. The van der Waals surface area contributed by atoms with Gasteiger partial charge in [-0.05, 0) is 46.0 Å². The zero-order valence-electron chi connectivity index (χ0n) is 16.0. The number of nitrogens with one attached hydrogen (secondary N) is 1. The minimum Gasteiger partial charge on any atom is -0.413 e. The second kappa shape index (κ2) is 8.31. The third-order valence-electron chi connectivity index (χ3n) is 4.71. The number of nitrogens with zero attached hydrogens (tertiary/aromatic N) is 5. The Morgan fingerprint density at radius 3 is 2.46 bits per heavy atom. The van der Waals surface area contributed by atoms with Crippen molar-refractivity contribution in [3.05, 3.63) is 58.1 Å². The van der Waals surface area contributed by atoms with Crippen LogP contribution >= 0.6 is 0 Å². The number of hydrogen-bond donors (Lipinski definition) is 1. The fourth-order valence-corrected chi connectivity index (χ4v) is 2.95. The van der Waals surface area contributed by atoms with Crippen molar-refractivity contribution in [3.63, 3.8) is 0 Å². The highest BCUT2D eigenvalue weighted by Crippen LogP contribution is 2.37. The van der Waals surface area contributed by atoms with Crippen LogP contribution in [0.4, 0.5) is 11.5 Å². The highest BCUT2D eigenvalue weighted by molar-refractivity contribution is 6.74. The quantitative estimate of drug-likeness (QED) is 0.299. The first-order valence-electron chi connectivity index (χ1n) is 8.55. The molecule has 0 aliphatic heterocycles. The average Bonchev–Trinajstić information content (AvgIpc) is 2.59. The zero-order valence-corrected chi connectivity index (χ0v) is 17.0. The zero-order chi connectivity index (χ0) is 19.2. The van der Waals surface area contributed by atoms with Gasteiger partial charge in [-0.2, -0.15) is 5.10 Å². The van der Waals surface area contributed by atoms with E-state index in [1.165, 1.54) is 5.56 Å². The van der Waals surface area contributed by atoms with Gasteiger partial charge in [-0.1, -0.05) is 45.0 Å². The summed E-state index contributed by atoms with van der Waals surface area (Å²) in [6.07, 6.45) is 1.60.